The Morgan fingerprint density at radius 1 is 1.61 bits per heavy atom. The molecule has 0 spiro atoms. The summed E-state index contributed by atoms with van der Waals surface area (Å²) in [5.41, 5.74) is 0.357. The fraction of sp³-hybridized carbons (Fsp3) is 0.385. The summed E-state index contributed by atoms with van der Waals surface area (Å²) in [6.07, 6.45) is 0.554. The third-order valence-corrected chi connectivity index (χ3v) is 3.72. The molecule has 18 heavy (non-hydrogen) atoms. The molecule has 1 saturated heterocycles. The Labute approximate surface area is 110 Å². The largest absolute Gasteiger partial charge is 0.481 e. The second-order valence-electron chi connectivity index (χ2n) is 4.79. The highest BCUT2D eigenvalue weighted by Gasteiger charge is 2.41. The summed E-state index contributed by atoms with van der Waals surface area (Å²) in [6, 6.07) is 7.22. The van der Waals surface area contributed by atoms with Gasteiger partial charge in [0, 0.05) is 13.1 Å². The zero-order valence-electron chi connectivity index (χ0n) is 9.98. The number of benzene rings is 1. The number of para-hydroxylation sites is 1. The molecule has 0 radical (unpaired) electrons. The van der Waals surface area contributed by atoms with E-state index >= 15 is 0 Å². The van der Waals surface area contributed by atoms with Gasteiger partial charge in [-0.2, -0.15) is 5.26 Å². The van der Waals surface area contributed by atoms with Gasteiger partial charge in [-0.3, -0.25) is 4.79 Å². The van der Waals surface area contributed by atoms with Gasteiger partial charge in [-0.05, 0) is 25.5 Å². The lowest BCUT2D eigenvalue weighted by molar-refractivity contribution is -0.146. The maximum atomic E-state index is 11.2. The molecule has 5 heteroatoms. The van der Waals surface area contributed by atoms with Crippen molar-refractivity contribution in [1.82, 2.24) is 0 Å². The standard InChI is InChI=1S/C13H13ClN2O2/c1-13(12(17)18)5-6-16(8-13)11-9(7-15)3-2-4-10(11)14/h2-4H,5-6,8H2,1H3,(H,17,18). The van der Waals surface area contributed by atoms with Crippen LogP contribution in [0.15, 0.2) is 18.2 Å². The SMILES string of the molecule is CC1(C(=O)O)CCN(c2c(Cl)cccc2C#N)C1. The van der Waals surface area contributed by atoms with Crippen molar-refractivity contribution in [1.29, 1.82) is 5.26 Å². The molecular formula is C13H13ClN2O2. The number of rotatable bonds is 2. The van der Waals surface area contributed by atoms with E-state index in [0.29, 0.717) is 35.8 Å². The lowest BCUT2D eigenvalue weighted by atomic mass is 9.90. The van der Waals surface area contributed by atoms with E-state index < -0.39 is 11.4 Å². The van der Waals surface area contributed by atoms with Gasteiger partial charge in [0.1, 0.15) is 6.07 Å². The molecule has 1 aliphatic rings. The predicted octanol–water partition coefficient (Wildman–Crippen LogP) is 2.51. The molecule has 0 saturated carbocycles. The van der Waals surface area contributed by atoms with Crippen molar-refractivity contribution < 1.29 is 9.90 Å². The van der Waals surface area contributed by atoms with Gasteiger partial charge in [-0.25, -0.2) is 0 Å². The third kappa shape index (κ3) is 2.02. The quantitative estimate of drug-likeness (QED) is 0.891. The van der Waals surface area contributed by atoms with E-state index in [2.05, 4.69) is 6.07 Å². The van der Waals surface area contributed by atoms with Crippen molar-refractivity contribution in [2.75, 3.05) is 18.0 Å². The first-order chi connectivity index (χ1) is 8.48. The van der Waals surface area contributed by atoms with Crippen molar-refractivity contribution in [3.8, 4) is 6.07 Å². The molecule has 1 heterocycles. The minimum absolute atomic E-state index is 0.376. The van der Waals surface area contributed by atoms with E-state index in [-0.39, 0.29) is 0 Å². The zero-order valence-corrected chi connectivity index (χ0v) is 10.7. The summed E-state index contributed by atoms with van der Waals surface area (Å²) >= 11 is 6.12. The molecule has 0 bridgehead atoms. The molecule has 94 valence electrons. The Morgan fingerprint density at radius 2 is 2.33 bits per heavy atom. The Balaban J connectivity index is 2.36. The fourth-order valence-electron chi connectivity index (χ4n) is 2.25. The van der Waals surface area contributed by atoms with Crippen LogP contribution in [0.1, 0.15) is 18.9 Å². The first kappa shape index (κ1) is 12.7. The highest BCUT2D eigenvalue weighted by atomic mass is 35.5. The second kappa shape index (κ2) is 4.51. The molecule has 0 amide bonds. The van der Waals surface area contributed by atoms with E-state index in [1.165, 1.54) is 0 Å². The van der Waals surface area contributed by atoms with Gasteiger partial charge < -0.3 is 10.0 Å². The minimum Gasteiger partial charge on any atom is -0.481 e. The maximum absolute atomic E-state index is 11.2. The maximum Gasteiger partial charge on any atom is 0.311 e. The van der Waals surface area contributed by atoms with E-state index in [1.54, 1.807) is 25.1 Å². The normalized spacial score (nSPS) is 22.8. The lowest BCUT2D eigenvalue weighted by Crippen LogP contribution is -2.32. The van der Waals surface area contributed by atoms with Gasteiger partial charge in [-0.1, -0.05) is 17.7 Å². The molecule has 0 aromatic heterocycles. The van der Waals surface area contributed by atoms with E-state index in [4.69, 9.17) is 16.9 Å². The van der Waals surface area contributed by atoms with Crippen LogP contribution in [0.4, 0.5) is 5.69 Å². The van der Waals surface area contributed by atoms with E-state index in [0.717, 1.165) is 0 Å². The first-order valence-corrected chi connectivity index (χ1v) is 6.03. The average Bonchev–Trinajstić information content (AvgIpc) is 2.72. The smallest absolute Gasteiger partial charge is 0.311 e. The van der Waals surface area contributed by atoms with Crippen LogP contribution < -0.4 is 4.90 Å². The van der Waals surface area contributed by atoms with Crippen LogP contribution in [-0.4, -0.2) is 24.2 Å². The van der Waals surface area contributed by atoms with Crippen LogP contribution >= 0.6 is 11.6 Å². The Hall–Kier alpha value is -1.73. The van der Waals surface area contributed by atoms with Crippen LogP contribution in [0.5, 0.6) is 0 Å². The van der Waals surface area contributed by atoms with Crippen molar-refractivity contribution >= 4 is 23.3 Å². The van der Waals surface area contributed by atoms with Crippen LogP contribution in [0.3, 0.4) is 0 Å². The minimum atomic E-state index is -0.810. The zero-order chi connectivity index (χ0) is 13.3. The molecular weight excluding hydrogens is 252 g/mol. The summed E-state index contributed by atoms with van der Waals surface area (Å²) in [5.74, 6) is -0.810. The van der Waals surface area contributed by atoms with Crippen LogP contribution in [0, 0.1) is 16.7 Å². The molecule has 1 unspecified atom stereocenters. The number of hydrogen-bond acceptors (Lipinski definition) is 3. The van der Waals surface area contributed by atoms with Gasteiger partial charge in [0.15, 0.2) is 0 Å². The highest BCUT2D eigenvalue weighted by molar-refractivity contribution is 6.33. The molecule has 1 aromatic rings. The van der Waals surface area contributed by atoms with Crippen molar-refractivity contribution in [2.45, 2.75) is 13.3 Å². The number of anilines is 1. The predicted molar refractivity (Wildman–Crippen MR) is 68.7 cm³/mol. The summed E-state index contributed by atoms with van der Waals surface area (Å²) in [7, 11) is 0. The average molecular weight is 265 g/mol. The summed E-state index contributed by atoms with van der Waals surface area (Å²) in [5, 5.41) is 18.8. The fourth-order valence-corrected chi connectivity index (χ4v) is 2.55. The number of halogens is 1. The highest BCUT2D eigenvalue weighted by Crippen LogP contribution is 2.38. The Bertz CT molecular complexity index is 538. The van der Waals surface area contributed by atoms with Crippen molar-refractivity contribution in [3.63, 3.8) is 0 Å². The first-order valence-electron chi connectivity index (χ1n) is 5.65. The summed E-state index contributed by atoms with van der Waals surface area (Å²) < 4.78 is 0. The molecule has 2 rings (SSSR count). The van der Waals surface area contributed by atoms with E-state index in [9.17, 15) is 9.90 Å². The number of carboxylic acids is 1. The number of nitriles is 1. The molecule has 0 aliphatic carbocycles. The number of nitrogens with zero attached hydrogens (tertiary/aromatic N) is 2. The number of carboxylic acid groups (broad SMARTS) is 1. The number of aliphatic carboxylic acids is 1. The third-order valence-electron chi connectivity index (χ3n) is 3.41. The van der Waals surface area contributed by atoms with Gasteiger partial charge in [0.25, 0.3) is 0 Å². The molecule has 1 aliphatic heterocycles. The summed E-state index contributed by atoms with van der Waals surface area (Å²) in [6.45, 7) is 2.69. The molecule has 4 nitrogen and oxygen atoms in total. The second-order valence-corrected chi connectivity index (χ2v) is 5.19. The van der Waals surface area contributed by atoms with Crippen molar-refractivity contribution in [3.05, 3.63) is 28.8 Å². The molecule has 1 aromatic carbocycles. The van der Waals surface area contributed by atoms with Crippen LogP contribution in [-0.2, 0) is 4.79 Å². The number of hydrogen-bond donors (Lipinski definition) is 1. The van der Waals surface area contributed by atoms with Gasteiger partial charge in [0.2, 0.25) is 0 Å². The van der Waals surface area contributed by atoms with Gasteiger partial charge in [0.05, 0.1) is 21.7 Å². The van der Waals surface area contributed by atoms with Gasteiger partial charge in [-0.15, -0.1) is 0 Å². The Kier molecular flexibility index (Phi) is 3.18. The molecule has 1 fully saturated rings. The van der Waals surface area contributed by atoms with Crippen LogP contribution in [0.2, 0.25) is 5.02 Å². The Morgan fingerprint density at radius 3 is 2.89 bits per heavy atom. The van der Waals surface area contributed by atoms with E-state index in [1.807, 2.05) is 4.90 Å². The van der Waals surface area contributed by atoms with Gasteiger partial charge >= 0.3 is 5.97 Å². The lowest BCUT2D eigenvalue weighted by Gasteiger charge is -2.23. The molecule has 1 N–H and O–H groups in total. The monoisotopic (exact) mass is 264 g/mol. The topological polar surface area (TPSA) is 64.3 Å². The van der Waals surface area contributed by atoms with Crippen LogP contribution in [0.25, 0.3) is 0 Å². The molecule has 1 atom stereocenters. The van der Waals surface area contributed by atoms with Crippen molar-refractivity contribution in [2.24, 2.45) is 5.41 Å². The summed E-state index contributed by atoms with van der Waals surface area (Å²) in [4.78, 5) is 13.1. The number of carbonyl (C=O) groups is 1.